The lowest BCUT2D eigenvalue weighted by Gasteiger charge is -2.39. The normalized spacial score (nSPS) is 13.5. The maximum absolute atomic E-state index is 14.5. The quantitative estimate of drug-likeness (QED) is 0.0877. The highest BCUT2D eigenvalue weighted by atomic mass is 35.5. The van der Waals surface area contributed by atoms with Gasteiger partial charge in [-0.05, 0) is 71.1 Å². The molecule has 0 aliphatic heterocycles. The number of esters is 1. The Morgan fingerprint density at radius 2 is 1.05 bits per heavy atom. The molecule has 2 atom stereocenters. The second kappa shape index (κ2) is 13.2. The van der Waals surface area contributed by atoms with Crippen LogP contribution in [0.4, 0.5) is 0 Å². The van der Waals surface area contributed by atoms with E-state index in [9.17, 15) is 4.79 Å². The Morgan fingerprint density at radius 1 is 0.651 bits per heavy atom. The largest absolute Gasteiger partial charge is 0.453 e. The van der Waals surface area contributed by atoms with Crippen molar-refractivity contribution in [3.8, 4) is 0 Å². The predicted molar refractivity (Wildman–Crippen MR) is 178 cm³/mol. The van der Waals surface area contributed by atoms with Crippen molar-refractivity contribution < 1.29 is 9.53 Å². The molecule has 0 aliphatic carbocycles. The molecule has 0 fully saturated rings. The highest BCUT2D eigenvalue weighted by molar-refractivity contribution is 6.31. The molecule has 5 rings (SSSR count). The molecule has 5 aromatic carbocycles. The van der Waals surface area contributed by atoms with Crippen molar-refractivity contribution in [1.29, 1.82) is 0 Å². The second-order valence-electron chi connectivity index (χ2n) is 10.7. The molecule has 2 nitrogen and oxygen atoms in total. The van der Waals surface area contributed by atoms with E-state index in [4.69, 9.17) is 39.5 Å². The summed E-state index contributed by atoms with van der Waals surface area (Å²) in [7, 11) is 0. The number of hydrogen-bond acceptors (Lipinski definition) is 2. The summed E-state index contributed by atoms with van der Waals surface area (Å²) in [6, 6.07) is 42.5. The highest BCUT2D eigenvalue weighted by Crippen LogP contribution is 2.46. The third-order valence-electron chi connectivity index (χ3n) is 8.08. The van der Waals surface area contributed by atoms with Crippen LogP contribution in [0.3, 0.4) is 0 Å². The molecule has 0 spiro atoms. The van der Waals surface area contributed by atoms with Gasteiger partial charge < -0.3 is 4.74 Å². The van der Waals surface area contributed by atoms with Crippen molar-refractivity contribution in [3.05, 3.63) is 189 Å². The topological polar surface area (TPSA) is 26.3 Å². The molecule has 216 valence electrons. The molecule has 0 aromatic heterocycles. The van der Waals surface area contributed by atoms with Gasteiger partial charge in [0.25, 0.3) is 0 Å². The molecule has 5 heteroatoms. The number of benzene rings is 5. The zero-order valence-electron chi connectivity index (χ0n) is 23.7. The summed E-state index contributed by atoms with van der Waals surface area (Å²) in [6.07, 6.45) is 1.85. The summed E-state index contributed by atoms with van der Waals surface area (Å²) in [6.45, 7) is 6.10. The van der Waals surface area contributed by atoms with Gasteiger partial charge in [0, 0.05) is 21.0 Å². The van der Waals surface area contributed by atoms with Gasteiger partial charge in [0.05, 0.1) is 11.8 Å². The molecule has 0 saturated heterocycles. The van der Waals surface area contributed by atoms with Gasteiger partial charge in [-0.1, -0.05) is 138 Å². The summed E-state index contributed by atoms with van der Waals surface area (Å²) in [5.74, 6) is -0.690. The van der Waals surface area contributed by atoms with Crippen LogP contribution in [0.5, 0.6) is 0 Å². The first-order chi connectivity index (χ1) is 20.8. The Balaban J connectivity index is 1.67. The molecular formula is C38H31Cl3O2. The van der Waals surface area contributed by atoms with Gasteiger partial charge >= 0.3 is 5.97 Å². The van der Waals surface area contributed by atoms with Crippen LogP contribution in [0, 0.1) is 0 Å². The van der Waals surface area contributed by atoms with E-state index in [1.807, 2.05) is 146 Å². The molecule has 0 N–H and O–H groups in total. The lowest BCUT2D eigenvalue weighted by molar-refractivity contribution is -0.161. The van der Waals surface area contributed by atoms with Crippen LogP contribution in [0.2, 0.25) is 15.1 Å². The van der Waals surface area contributed by atoms with E-state index in [2.05, 4.69) is 6.58 Å². The summed E-state index contributed by atoms with van der Waals surface area (Å²) in [4.78, 5) is 14.5. The second-order valence-corrected chi connectivity index (χ2v) is 12.0. The highest BCUT2D eigenvalue weighted by Gasteiger charge is 2.44. The number of carbonyl (C=O) groups excluding carboxylic acids is 1. The summed E-state index contributed by atoms with van der Waals surface area (Å²) >= 11 is 19.0. The minimum atomic E-state index is -1.05. The lowest BCUT2D eigenvalue weighted by atomic mass is 9.67. The van der Waals surface area contributed by atoms with E-state index >= 15 is 0 Å². The smallest absolute Gasteiger partial charge is 0.308 e. The van der Waals surface area contributed by atoms with Crippen molar-refractivity contribution in [2.24, 2.45) is 0 Å². The van der Waals surface area contributed by atoms with Crippen molar-refractivity contribution in [3.63, 3.8) is 0 Å². The lowest BCUT2D eigenvalue weighted by Crippen LogP contribution is -2.39. The van der Waals surface area contributed by atoms with Crippen LogP contribution >= 0.6 is 34.8 Å². The predicted octanol–water partition coefficient (Wildman–Crippen LogP) is 10.8. The van der Waals surface area contributed by atoms with Gasteiger partial charge in [-0.25, -0.2) is 0 Å². The Hall–Kier alpha value is -3.82. The Kier molecular flexibility index (Phi) is 9.42. The van der Waals surface area contributed by atoms with Gasteiger partial charge in [0.1, 0.15) is 5.60 Å². The van der Waals surface area contributed by atoms with Crippen molar-refractivity contribution in [2.75, 3.05) is 0 Å². The van der Waals surface area contributed by atoms with Gasteiger partial charge in [0.15, 0.2) is 0 Å². The first-order valence-electron chi connectivity index (χ1n) is 14.0. The van der Waals surface area contributed by atoms with E-state index in [0.29, 0.717) is 15.1 Å². The zero-order valence-corrected chi connectivity index (χ0v) is 26.0. The fourth-order valence-corrected chi connectivity index (χ4v) is 6.29. The SMILES string of the molecule is C=C[C@@H](c1ccccc1)[C@@](C)(OC(=O)CC(c1ccc(Cl)cc1)(c1ccc(Cl)cc1)c1ccc(Cl)cc1)c1ccccc1. The van der Waals surface area contributed by atoms with Crippen LogP contribution in [0.25, 0.3) is 0 Å². The fraction of sp³-hybridized carbons (Fsp3) is 0.132. The van der Waals surface area contributed by atoms with Crippen molar-refractivity contribution >= 4 is 40.8 Å². The van der Waals surface area contributed by atoms with E-state index in [-0.39, 0.29) is 18.3 Å². The average Bonchev–Trinajstić information content (AvgIpc) is 3.02. The number of ether oxygens (including phenoxy) is 1. The van der Waals surface area contributed by atoms with Gasteiger partial charge in [0.2, 0.25) is 0 Å². The maximum atomic E-state index is 14.5. The first-order valence-corrected chi connectivity index (χ1v) is 15.1. The summed E-state index contributed by atoms with van der Waals surface area (Å²) < 4.78 is 6.63. The maximum Gasteiger partial charge on any atom is 0.308 e. The minimum Gasteiger partial charge on any atom is -0.453 e. The Bertz CT molecular complexity index is 1560. The van der Waals surface area contributed by atoms with Crippen LogP contribution in [0.15, 0.2) is 146 Å². The van der Waals surface area contributed by atoms with Crippen molar-refractivity contribution in [1.82, 2.24) is 0 Å². The molecule has 0 unspecified atom stereocenters. The van der Waals surface area contributed by atoms with Gasteiger partial charge in [-0.15, -0.1) is 6.58 Å². The van der Waals surface area contributed by atoms with Crippen LogP contribution in [-0.2, 0) is 20.5 Å². The standard InChI is InChI=1S/C38H31Cl3O2/c1-3-35(27-10-6-4-7-11-27)37(2,28-12-8-5-9-13-28)43-36(42)26-38(29-14-20-32(39)21-15-29,30-16-22-33(40)23-17-30)31-18-24-34(41)25-19-31/h3-25,35H,1,26H2,2H3/t35-,37-/m0/s1. The molecule has 0 radical (unpaired) electrons. The molecular weight excluding hydrogens is 595 g/mol. The minimum absolute atomic E-state index is 0.00102. The van der Waals surface area contributed by atoms with Gasteiger partial charge in [-0.3, -0.25) is 4.79 Å². The average molecular weight is 626 g/mol. The van der Waals surface area contributed by atoms with E-state index in [0.717, 1.165) is 27.8 Å². The fourth-order valence-electron chi connectivity index (χ4n) is 5.91. The molecule has 0 saturated carbocycles. The molecule has 0 bridgehead atoms. The summed E-state index contributed by atoms with van der Waals surface area (Å²) in [5, 5.41) is 1.79. The van der Waals surface area contributed by atoms with Gasteiger partial charge in [-0.2, -0.15) is 0 Å². The first kappa shape index (κ1) is 30.6. The molecule has 43 heavy (non-hydrogen) atoms. The van der Waals surface area contributed by atoms with E-state index < -0.39 is 11.0 Å². The van der Waals surface area contributed by atoms with E-state index in [1.165, 1.54) is 0 Å². The molecule has 5 aromatic rings. The third-order valence-corrected chi connectivity index (χ3v) is 8.84. The number of hydrogen-bond donors (Lipinski definition) is 0. The molecule has 0 heterocycles. The number of halogens is 3. The zero-order chi connectivity index (χ0) is 30.5. The Labute approximate surface area is 268 Å². The molecule has 0 amide bonds. The number of rotatable bonds is 10. The van der Waals surface area contributed by atoms with Crippen molar-refractivity contribution in [2.45, 2.75) is 30.3 Å². The van der Waals surface area contributed by atoms with E-state index in [1.54, 1.807) is 0 Å². The monoisotopic (exact) mass is 624 g/mol. The van der Waals surface area contributed by atoms with Crippen LogP contribution < -0.4 is 0 Å². The third kappa shape index (κ3) is 6.43. The van der Waals surface area contributed by atoms with Crippen LogP contribution in [-0.4, -0.2) is 5.97 Å². The Morgan fingerprint density at radius 3 is 1.44 bits per heavy atom. The number of carbonyl (C=O) groups is 1. The molecule has 0 aliphatic rings. The summed E-state index contributed by atoms with van der Waals surface area (Å²) in [5.41, 5.74) is 2.51. The van der Waals surface area contributed by atoms with Crippen LogP contribution in [0.1, 0.15) is 47.1 Å².